The van der Waals surface area contributed by atoms with Gasteiger partial charge in [0.25, 0.3) is 5.91 Å². The fourth-order valence-electron chi connectivity index (χ4n) is 2.03. The molecule has 0 saturated heterocycles. The SMILES string of the molecule is CC(C)Oc1ccc(CCNC(=O)c2cc(F)c(Cl)nc2Cl)cc1. The van der Waals surface area contributed by atoms with Crippen LogP contribution in [-0.2, 0) is 6.42 Å². The summed E-state index contributed by atoms with van der Waals surface area (Å²) in [7, 11) is 0. The molecule has 7 heteroatoms. The fraction of sp³-hybridized carbons (Fsp3) is 0.294. The van der Waals surface area contributed by atoms with Gasteiger partial charge in [-0.1, -0.05) is 35.3 Å². The summed E-state index contributed by atoms with van der Waals surface area (Å²) in [6.45, 7) is 4.30. The second-order valence-corrected chi connectivity index (χ2v) is 6.13. The van der Waals surface area contributed by atoms with E-state index in [-0.39, 0.29) is 22.0 Å². The van der Waals surface area contributed by atoms with Crippen molar-refractivity contribution >= 4 is 29.1 Å². The van der Waals surface area contributed by atoms with Gasteiger partial charge in [0.05, 0.1) is 11.7 Å². The minimum absolute atomic E-state index is 0.0424. The van der Waals surface area contributed by atoms with Crippen molar-refractivity contribution < 1.29 is 13.9 Å². The van der Waals surface area contributed by atoms with E-state index in [1.807, 2.05) is 38.1 Å². The topological polar surface area (TPSA) is 51.2 Å². The molecule has 0 radical (unpaired) electrons. The molecule has 1 heterocycles. The molecule has 1 aromatic carbocycles. The molecular weight excluding hydrogens is 354 g/mol. The number of hydrogen-bond acceptors (Lipinski definition) is 3. The first-order valence-corrected chi connectivity index (χ1v) is 8.17. The highest BCUT2D eigenvalue weighted by molar-refractivity contribution is 6.34. The predicted octanol–water partition coefficient (Wildman–Crippen LogP) is 4.29. The lowest BCUT2D eigenvalue weighted by atomic mass is 10.1. The van der Waals surface area contributed by atoms with Gasteiger partial charge in [-0.3, -0.25) is 4.79 Å². The average Bonchev–Trinajstić information content (AvgIpc) is 2.52. The lowest BCUT2D eigenvalue weighted by molar-refractivity contribution is 0.0953. The van der Waals surface area contributed by atoms with Crippen molar-refractivity contribution in [3.05, 3.63) is 57.6 Å². The zero-order valence-electron chi connectivity index (χ0n) is 13.3. The molecule has 128 valence electrons. The molecule has 0 bridgehead atoms. The Morgan fingerprint density at radius 3 is 2.54 bits per heavy atom. The summed E-state index contributed by atoms with van der Waals surface area (Å²) < 4.78 is 19.0. The van der Waals surface area contributed by atoms with Gasteiger partial charge in [0.1, 0.15) is 10.9 Å². The van der Waals surface area contributed by atoms with Crippen LogP contribution in [0.3, 0.4) is 0 Å². The maximum Gasteiger partial charge on any atom is 0.254 e. The lowest BCUT2D eigenvalue weighted by Crippen LogP contribution is -2.26. The lowest BCUT2D eigenvalue weighted by Gasteiger charge is -2.10. The Balaban J connectivity index is 1.90. The Morgan fingerprint density at radius 1 is 1.25 bits per heavy atom. The number of nitrogens with zero attached hydrogens (tertiary/aromatic N) is 1. The normalized spacial score (nSPS) is 10.8. The van der Waals surface area contributed by atoms with E-state index in [9.17, 15) is 9.18 Å². The van der Waals surface area contributed by atoms with Gasteiger partial charge in [0, 0.05) is 6.54 Å². The molecule has 0 aliphatic rings. The number of aromatic nitrogens is 1. The smallest absolute Gasteiger partial charge is 0.254 e. The van der Waals surface area contributed by atoms with E-state index in [4.69, 9.17) is 27.9 Å². The molecule has 0 saturated carbocycles. The van der Waals surface area contributed by atoms with Gasteiger partial charge in [0.2, 0.25) is 0 Å². The number of nitrogens with one attached hydrogen (secondary N) is 1. The number of amides is 1. The van der Waals surface area contributed by atoms with Crippen molar-refractivity contribution in [2.24, 2.45) is 0 Å². The average molecular weight is 371 g/mol. The first kappa shape index (κ1) is 18.5. The fourth-order valence-corrected chi connectivity index (χ4v) is 2.43. The van der Waals surface area contributed by atoms with E-state index >= 15 is 0 Å². The van der Waals surface area contributed by atoms with Crippen LogP contribution in [0.1, 0.15) is 29.8 Å². The summed E-state index contributed by atoms with van der Waals surface area (Å²) in [6, 6.07) is 8.60. The van der Waals surface area contributed by atoms with Crippen LogP contribution in [0.2, 0.25) is 10.3 Å². The number of ether oxygens (including phenoxy) is 1. The molecular formula is C17H17Cl2FN2O2. The van der Waals surface area contributed by atoms with E-state index < -0.39 is 11.7 Å². The van der Waals surface area contributed by atoms with Gasteiger partial charge < -0.3 is 10.1 Å². The van der Waals surface area contributed by atoms with E-state index in [0.29, 0.717) is 13.0 Å². The highest BCUT2D eigenvalue weighted by Gasteiger charge is 2.15. The number of hydrogen-bond donors (Lipinski definition) is 1. The van der Waals surface area contributed by atoms with Crippen molar-refractivity contribution in [2.75, 3.05) is 6.54 Å². The maximum absolute atomic E-state index is 13.4. The third-order valence-electron chi connectivity index (χ3n) is 3.13. The van der Waals surface area contributed by atoms with Gasteiger partial charge in [-0.25, -0.2) is 9.37 Å². The largest absolute Gasteiger partial charge is 0.491 e. The van der Waals surface area contributed by atoms with Gasteiger partial charge >= 0.3 is 0 Å². The quantitative estimate of drug-likeness (QED) is 0.771. The minimum Gasteiger partial charge on any atom is -0.491 e. The number of halogens is 3. The van der Waals surface area contributed by atoms with Gasteiger partial charge in [-0.05, 0) is 44.0 Å². The van der Waals surface area contributed by atoms with E-state index in [0.717, 1.165) is 17.4 Å². The van der Waals surface area contributed by atoms with Crippen molar-refractivity contribution in [1.82, 2.24) is 10.3 Å². The van der Waals surface area contributed by atoms with Crippen molar-refractivity contribution in [1.29, 1.82) is 0 Å². The van der Waals surface area contributed by atoms with Crippen LogP contribution in [0.25, 0.3) is 0 Å². The molecule has 0 atom stereocenters. The third kappa shape index (κ3) is 5.08. The summed E-state index contributed by atoms with van der Waals surface area (Å²) in [5.74, 6) is -0.484. The van der Waals surface area contributed by atoms with Gasteiger partial charge in [0.15, 0.2) is 11.0 Å². The van der Waals surface area contributed by atoms with Crippen molar-refractivity contribution in [2.45, 2.75) is 26.4 Å². The van der Waals surface area contributed by atoms with Crippen molar-refractivity contribution in [3.63, 3.8) is 0 Å². The molecule has 24 heavy (non-hydrogen) atoms. The molecule has 0 aliphatic carbocycles. The molecule has 1 N–H and O–H groups in total. The van der Waals surface area contributed by atoms with Crippen LogP contribution in [0.15, 0.2) is 30.3 Å². The minimum atomic E-state index is -0.785. The number of carbonyl (C=O) groups excluding carboxylic acids is 1. The zero-order valence-corrected chi connectivity index (χ0v) is 14.8. The van der Waals surface area contributed by atoms with Crippen LogP contribution in [0, 0.1) is 5.82 Å². The maximum atomic E-state index is 13.4. The molecule has 2 aromatic rings. The summed E-state index contributed by atoms with van der Waals surface area (Å²) in [6.07, 6.45) is 0.739. The number of benzene rings is 1. The van der Waals surface area contributed by atoms with Crippen LogP contribution in [0.5, 0.6) is 5.75 Å². The van der Waals surface area contributed by atoms with Crippen LogP contribution < -0.4 is 10.1 Å². The number of rotatable bonds is 6. The zero-order chi connectivity index (χ0) is 17.7. The molecule has 1 amide bonds. The second kappa shape index (κ2) is 8.31. The highest BCUT2D eigenvalue weighted by Crippen LogP contribution is 2.20. The van der Waals surface area contributed by atoms with E-state index in [1.165, 1.54) is 0 Å². The molecule has 2 rings (SSSR count). The van der Waals surface area contributed by atoms with Crippen molar-refractivity contribution in [3.8, 4) is 5.75 Å². The first-order chi connectivity index (χ1) is 11.4. The van der Waals surface area contributed by atoms with Gasteiger partial charge in [-0.2, -0.15) is 0 Å². The molecule has 0 aliphatic heterocycles. The Morgan fingerprint density at radius 2 is 1.92 bits per heavy atom. The Kier molecular flexibility index (Phi) is 6.40. The summed E-state index contributed by atoms with van der Waals surface area (Å²) in [5, 5.41) is 2.19. The Labute approximate surface area is 149 Å². The van der Waals surface area contributed by atoms with E-state index in [2.05, 4.69) is 10.3 Å². The highest BCUT2D eigenvalue weighted by atomic mass is 35.5. The Bertz CT molecular complexity index is 721. The van der Waals surface area contributed by atoms with Crippen LogP contribution in [-0.4, -0.2) is 23.5 Å². The second-order valence-electron chi connectivity index (χ2n) is 5.42. The molecule has 0 fully saturated rings. The summed E-state index contributed by atoms with van der Waals surface area (Å²) in [4.78, 5) is 15.6. The molecule has 1 aromatic heterocycles. The molecule has 0 unspecified atom stereocenters. The molecule has 0 spiro atoms. The Hall–Kier alpha value is -1.85. The summed E-state index contributed by atoms with van der Waals surface area (Å²) >= 11 is 11.3. The van der Waals surface area contributed by atoms with Gasteiger partial charge in [-0.15, -0.1) is 0 Å². The predicted molar refractivity (Wildman–Crippen MR) is 92.5 cm³/mol. The first-order valence-electron chi connectivity index (χ1n) is 7.42. The number of pyridine rings is 1. The molecule has 4 nitrogen and oxygen atoms in total. The van der Waals surface area contributed by atoms with Crippen LogP contribution in [0.4, 0.5) is 4.39 Å². The van der Waals surface area contributed by atoms with E-state index in [1.54, 1.807) is 0 Å². The van der Waals surface area contributed by atoms with Crippen LogP contribution >= 0.6 is 23.2 Å². The standard InChI is InChI=1S/C17H17Cl2FN2O2/c1-10(2)24-12-5-3-11(4-6-12)7-8-21-17(23)13-9-14(20)16(19)22-15(13)18/h3-6,9-10H,7-8H2,1-2H3,(H,21,23). The number of carbonyl (C=O) groups is 1. The monoisotopic (exact) mass is 370 g/mol. The third-order valence-corrected chi connectivity index (χ3v) is 3.68. The summed E-state index contributed by atoms with van der Waals surface area (Å²) in [5.41, 5.74) is 0.997.